The molecule has 4 rings (SSSR count). The minimum atomic E-state index is 0.298. The van der Waals surface area contributed by atoms with Gasteiger partial charge in [0.15, 0.2) is 0 Å². The number of benzene rings is 1. The molecule has 0 spiro atoms. The van der Waals surface area contributed by atoms with Crippen molar-refractivity contribution in [2.75, 3.05) is 13.1 Å². The van der Waals surface area contributed by atoms with Gasteiger partial charge in [0.05, 0.1) is 0 Å². The lowest BCUT2D eigenvalue weighted by Crippen LogP contribution is -2.41. The molecule has 0 radical (unpaired) electrons. The number of rotatable bonds is 7. The summed E-state index contributed by atoms with van der Waals surface area (Å²) in [7, 11) is 0. The standard InChI is InChI=1S/C25H30N4O/c1-20-17-27-25(23-12-14-26-15-13-23)29(20)19-22-10-6-16-28(18-22)24(30)11-5-9-21-7-3-2-4-8-21/h2-4,7-8,12-15,17,22H,5-6,9-11,16,18-19H2,1H3. The Morgan fingerprint density at radius 2 is 1.93 bits per heavy atom. The van der Waals surface area contributed by atoms with Crippen LogP contribution in [0.2, 0.25) is 0 Å². The summed E-state index contributed by atoms with van der Waals surface area (Å²) in [4.78, 5) is 23.6. The third kappa shape index (κ3) is 4.96. The first-order valence-electron chi connectivity index (χ1n) is 10.9. The highest BCUT2D eigenvalue weighted by Crippen LogP contribution is 2.24. The molecule has 1 unspecified atom stereocenters. The van der Waals surface area contributed by atoms with Crippen molar-refractivity contribution in [2.24, 2.45) is 5.92 Å². The molecule has 0 N–H and O–H groups in total. The Morgan fingerprint density at radius 3 is 2.73 bits per heavy atom. The lowest BCUT2D eigenvalue weighted by Gasteiger charge is -2.33. The number of hydrogen-bond acceptors (Lipinski definition) is 3. The Kier molecular flexibility index (Phi) is 6.57. The molecule has 0 aliphatic carbocycles. The monoisotopic (exact) mass is 402 g/mol. The van der Waals surface area contributed by atoms with Gasteiger partial charge in [-0.1, -0.05) is 30.3 Å². The van der Waals surface area contributed by atoms with Gasteiger partial charge in [-0.25, -0.2) is 4.98 Å². The fraction of sp³-hybridized carbons (Fsp3) is 0.400. The number of aryl methyl sites for hydroxylation is 2. The predicted octanol–water partition coefficient (Wildman–Crippen LogP) is 4.52. The Hall–Kier alpha value is -2.95. The zero-order chi connectivity index (χ0) is 20.8. The van der Waals surface area contributed by atoms with E-state index in [1.807, 2.05) is 24.4 Å². The molecule has 3 heterocycles. The number of likely N-dealkylation sites (tertiary alicyclic amines) is 1. The fourth-order valence-electron chi connectivity index (χ4n) is 4.37. The summed E-state index contributed by atoms with van der Waals surface area (Å²) < 4.78 is 2.30. The largest absolute Gasteiger partial charge is 0.342 e. The van der Waals surface area contributed by atoms with E-state index in [9.17, 15) is 4.79 Å². The van der Waals surface area contributed by atoms with Crippen molar-refractivity contribution in [3.05, 3.63) is 72.3 Å². The molecule has 3 aromatic rings. The van der Waals surface area contributed by atoms with Crippen LogP contribution in [-0.4, -0.2) is 38.4 Å². The predicted molar refractivity (Wildman–Crippen MR) is 119 cm³/mol. The summed E-state index contributed by atoms with van der Waals surface area (Å²) in [5, 5.41) is 0. The molecule has 5 heteroatoms. The average Bonchev–Trinajstić information content (AvgIpc) is 3.15. The van der Waals surface area contributed by atoms with E-state index in [0.29, 0.717) is 18.2 Å². The van der Waals surface area contributed by atoms with Gasteiger partial charge in [-0.3, -0.25) is 9.78 Å². The van der Waals surface area contributed by atoms with E-state index in [-0.39, 0.29) is 0 Å². The quantitative estimate of drug-likeness (QED) is 0.584. The molecule has 156 valence electrons. The smallest absolute Gasteiger partial charge is 0.222 e. The first-order valence-corrected chi connectivity index (χ1v) is 10.9. The second-order valence-electron chi connectivity index (χ2n) is 8.26. The first kappa shape index (κ1) is 20.3. The molecule has 2 aromatic heterocycles. The highest BCUT2D eigenvalue weighted by molar-refractivity contribution is 5.76. The van der Waals surface area contributed by atoms with Gasteiger partial charge in [-0.15, -0.1) is 0 Å². The summed E-state index contributed by atoms with van der Waals surface area (Å²) in [6.07, 6.45) is 10.3. The summed E-state index contributed by atoms with van der Waals surface area (Å²) in [5.41, 5.74) is 3.55. The van der Waals surface area contributed by atoms with Crippen molar-refractivity contribution in [2.45, 2.75) is 45.6 Å². The molecule has 30 heavy (non-hydrogen) atoms. The molecule has 5 nitrogen and oxygen atoms in total. The van der Waals surface area contributed by atoms with E-state index in [1.54, 1.807) is 12.4 Å². The fourth-order valence-corrected chi connectivity index (χ4v) is 4.37. The van der Waals surface area contributed by atoms with E-state index >= 15 is 0 Å². The van der Waals surface area contributed by atoms with Crippen molar-refractivity contribution in [3.8, 4) is 11.4 Å². The van der Waals surface area contributed by atoms with Gasteiger partial charge in [0.2, 0.25) is 5.91 Å². The highest BCUT2D eigenvalue weighted by atomic mass is 16.2. The van der Waals surface area contributed by atoms with Gasteiger partial charge >= 0.3 is 0 Å². The van der Waals surface area contributed by atoms with Crippen LogP contribution in [-0.2, 0) is 17.8 Å². The van der Waals surface area contributed by atoms with Crippen LogP contribution in [0.4, 0.5) is 0 Å². The van der Waals surface area contributed by atoms with Gasteiger partial charge in [0, 0.05) is 55.9 Å². The molecule has 1 aliphatic heterocycles. The Labute approximate surface area is 178 Å². The molecule has 1 amide bonds. The SMILES string of the molecule is Cc1cnc(-c2ccncc2)n1CC1CCCN(C(=O)CCCc2ccccc2)C1. The van der Waals surface area contributed by atoms with Crippen LogP contribution in [0.5, 0.6) is 0 Å². The third-order valence-electron chi connectivity index (χ3n) is 6.00. The van der Waals surface area contributed by atoms with Crippen LogP contribution in [0.25, 0.3) is 11.4 Å². The Morgan fingerprint density at radius 1 is 1.13 bits per heavy atom. The van der Waals surface area contributed by atoms with E-state index in [4.69, 9.17) is 0 Å². The number of amides is 1. The maximum Gasteiger partial charge on any atom is 0.222 e. The summed E-state index contributed by atoms with van der Waals surface area (Å²) in [6.45, 7) is 4.74. The Balaban J connectivity index is 1.34. The summed E-state index contributed by atoms with van der Waals surface area (Å²) in [6, 6.07) is 14.4. The van der Waals surface area contributed by atoms with E-state index in [2.05, 4.69) is 50.6 Å². The molecule has 1 saturated heterocycles. The van der Waals surface area contributed by atoms with Gasteiger partial charge in [0.25, 0.3) is 0 Å². The van der Waals surface area contributed by atoms with Crippen LogP contribution in [0.15, 0.2) is 61.1 Å². The number of imidazole rings is 1. The van der Waals surface area contributed by atoms with Crippen LogP contribution in [0, 0.1) is 12.8 Å². The van der Waals surface area contributed by atoms with Gasteiger partial charge < -0.3 is 9.47 Å². The van der Waals surface area contributed by atoms with Crippen molar-refractivity contribution >= 4 is 5.91 Å². The number of aromatic nitrogens is 3. The van der Waals surface area contributed by atoms with Gasteiger partial charge in [0.1, 0.15) is 5.82 Å². The second kappa shape index (κ2) is 9.70. The lowest BCUT2D eigenvalue weighted by molar-refractivity contribution is -0.133. The minimum absolute atomic E-state index is 0.298. The van der Waals surface area contributed by atoms with Crippen molar-refractivity contribution < 1.29 is 4.79 Å². The number of carbonyl (C=O) groups excluding carboxylic acids is 1. The van der Waals surface area contributed by atoms with E-state index < -0.39 is 0 Å². The second-order valence-corrected chi connectivity index (χ2v) is 8.26. The highest BCUT2D eigenvalue weighted by Gasteiger charge is 2.25. The van der Waals surface area contributed by atoms with Crippen LogP contribution in [0.1, 0.15) is 36.9 Å². The topological polar surface area (TPSA) is 51.0 Å². The van der Waals surface area contributed by atoms with Crippen molar-refractivity contribution in [1.29, 1.82) is 0 Å². The molecule has 1 fully saturated rings. The normalized spacial score (nSPS) is 16.6. The van der Waals surface area contributed by atoms with E-state index in [1.165, 1.54) is 5.56 Å². The molecule has 1 aliphatic rings. The number of pyridine rings is 1. The molecule has 0 saturated carbocycles. The number of piperidine rings is 1. The minimum Gasteiger partial charge on any atom is -0.342 e. The maximum atomic E-state index is 12.8. The number of carbonyl (C=O) groups is 1. The van der Waals surface area contributed by atoms with Crippen LogP contribution >= 0.6 is 0 Å². The van der Waals surface area contributed by atoms with Crippen LogP contribution < -0.4 is 0 Å². The number of nitrogens with zero attached hydrogens (tertiary/aromatic N) is 4. The number of hydrogen-bond donors (Lipinski definition) is 0. The Bertz CT molecular complexity index is 952. The van der Waals surface area contributed by atoms with E-state index in [0.717, 1.165) is 62.4 Å². The zero-order valence-corrected chi connectivity index (χ0v) is 17.7. The van der Waals surface area contributed by atoms with Crippen molar-refractivity contribution in [1.82, 2.24) is 19.4 Å². The molecular weight excluding hydrogens is 372 g/mol. The third-order valence-corrected chi connectivity index (χ3v) is 6.00. The maximum absolute atomic E-state index is 12.8. The average molecular weight is 403 g/mol. The lowest BCUT2D eigenvalue weighted by atomic mass is 9.97. The summed E-state index contributed by atoms with van der Waals surface area (Å²) in [5.74, 6) is 1.75. The first-order chi connectivity index (χ1) is 14.7. The molecular formula is C25H30N4O. The van der Waals surface area contributed by atoms with Crippen LogP contribution in [0.3, 0.4) is 0 Å². The van der Waals surface area contributed by atoms with Gasteiger partial charge in [-0.2, -0.15) is 0 Å². The molecule has 1 atom stereocenters. The summed E-state index contributed by atoms with van der Waals surface area (Å²) >= 11 is 0. The molecule has 1 aromatic carbocycles. The van der Waals surface area contributed by atoms with Gasteiger partial charge in [-0.05, 0) is 56.2 Å². The zero-order valence-electron chi connectivity index (χ0n) is 17.7. The van der Waals surface area contributed by atoms with Crippen molar-refractivity contribution in [3.63, 3.8) is 0 Å². The molecule has 0 bridgehead atoms.